The number of nitrogens with zero attached hydrogens (tertiary/aromatic N) is 1. The SMILES string of the molecule is CN(CC1CC1)CC1CCC(Oc2ccc3c(=O)[nH]ccc3c2)C1. The molecule has 2 aliphatic carbocycles. The number of ether oxygens (including phenoxy) is 1. The van der Waals surface area contributed by atoms with Crippen molar-refractivity contribution in [3.05, 3.63) is 40.8 Å². The lowest BCUT2D eigenvalue weighted by atomic mass is 10.1. The number of aromatic nitrogens is 1. The van der Waals surface area contributed by atoms with E-state index < -0.39 is 0 Å². The third-order valence-corrected chi connectivity index (χ3v) is 5.38. The smallest absolute Gasteiger partial charge is 0.255 e. The number of hydrogen-bond donors (Lipinski definition) is 1. The van der Waals surface area contributed by atoms with Crippen molar-refractivity contribution >= 4 is 10.8 Å². The molecule has 0 amide bonds. The average Bonchev–Trinajstić information content (AvgIpc) is 3.26. The van der Waals surface area contributed by atoms with Gasteiger partial charge in [-0.05, 0) is 80.6 Å². The Kier molecular flexibility index (Phi) is 4.31. The van der Waals surface area contributed by atoms with Gasteiger partial charge in [0.15, 0.2) is 0 Å². The first-order valence-corrected chi connectivity index (χ1v) is 9.14. The van der Waals surface area contributed by atoms with Crippen LogP contribution >= 0.6 is 0 Å². The van der Waals surface area contributed by atoms with Gasteiger partial charge in [0.25, 0.3) is 5.56 Å². The van der Waals surface area contributed by atoms with E-state index in [0.29, 0.717) is 6.10 Å². The standard InChI is InChI=1S/C20H26N2O2/c1-22(12-14-2-3-14)13-15-4-5-17(10-15)24-18-6-7-19-16(11-18)8-9-21-20(19)23/h6-9,11,14-15,17H,2-5,10,12-13H2,1H3,(H,21,23). The number of nitrogens with one attached hydrogen (secondary N) is 1. The van der Waals surface area contributed by atoms with E-state index in [1.165, 1.54) is 32.4 Å². The van der Waals surface area contributed by atoms with Crippen LogP contribution in [0.5, 0.6) is 5.75 Å². The topological polar surface area (TPSA) is 45.3 Å². The van der Waals surface area contributed by atoms with E-state index in [2.05, 4.69) is 16.9 Å². The summed E-state index contributed by atoms with van der Waals surface area (Å²) in [5.74, 6) is 2.59. The zero-order chi connectivity index (χ0) is 16.5. The molecule has 4 nitrogen and oxygen atoms in total. The van der Waals surface area contributed by atoms with E-state index in [1.807, 2.05) is 24.3 Å². The van der Waals surface area contributed by atoms with Crippen molar-refractivity contribution in [1.82, 2.24) is 9.88 Å². The van der Waals surface area contributed by atoms with Crippen molar-refractivity contribution in [3.63, 3.8) is 0 Å². The number of rotatable bonds is 6. The van der Waals surface area contributed by atoms with Gasteiger partial charge in [0.1, 0.15) is 5.75 Å². The Hall–Kier alpha value is -1.81. The van der Waals surface area contributed by atoms with Gasteiger partial charge in [-0.2, -0.15) is 0 Å². The molecule has 4 rings (SSSR count). The molecule has 2 aliphatic rings. The van der Waals surface area contributed by atoms with Gasteiger partial charge in [-0.25, -0.2) is 0 Å². The molecule has 0 radical (unpaired) electrons. The molecule has 2 saturated carbocycles. The highest BCUT2D eigenvalue weighted by molar-refractivity contribution is 5.82. The van der Waals surface area contributed by atoms with E-state index in [9.17, 15) is 4.79 Å². The van der Waals surface area contributed by atoms with Crippen molar-refractivity contribution < 1.29 is 4.74 Å². The molecular weight excluding hydrogens is 300 g/mol. The summed E-state index contributed by atoms with van der Waals surface area (Å²) in [7, 11) is 2.26. The van der Waals surface area contributed by atoms with Crippen LogP contribution in [0.3, 0.4) is 0 Å². The monoisotopic (exact) mass is 326 g/mol. The first-order chi connectivity index (χ1) is 11.7. The molecule has 0 bridgehead atoms. The second kappa shape index (κ2) is 6.60. The van der Waals surface area contributed by atoms with Crippen molar-refractivity contribution in [2.45, 2.75) is 38.2 Å². The molecule has 0 saturated heterocycles. The second-order valence-electron chi connectivity index (χ2n) is 7.64. The summed E-state index contributed by atoms with van der Waals surface area (Å²) in [4.78, 5) is 17.0. The van der Waals surface area contributed by atoms with Gasteiger partial charge in [0.05, 0.1) is 6.10 Å². The zero-order valence-corrected chi connectivity index (χ0v) is 14.3. The Morgan fingerprint density at radius 3 is 2.75 bits per heavy atom. The lowest BCUT2D eigenvalue weighted by molar-refractivity contribution is 0.195. The maximum atomic E-state index is 11.8. The molecule has 24 heavy (non-hydrogen) atoms. The van der Waals surface area contributed by atoms with Crippen LogP contribution in [0.15, 0.2) is 35.3 Å². The maximum Gasteiger partial charge on any atom is 0.255 e. The Bertz CT molecular complexity index is 766. The highest BCUT2D eigenvalue weighted by Crippen LogP contribution is 2.33. The van der Waals surface area contributed by atoms with Gasteiger partial charge in [0.2, 0.25) is 0 Å². The highest BCUT2D eigenvalue weighted by atomic mass is 16.5. The summed E-state index contributed by atoms with van der Waals surface area (Å²) in [5, 5.41) is 1.66. The number of hydrogen-bond acceptors (Lipinski definition) is 3. The predicted molar refractivity (Wildman–Crippen MR) is 96.5 cm³/mol. The molecule has 0 spiro atoms. The summed E-state index contributed by atoms with van der Waals surface area (Å²) in [6.45, 7) is 2.46. The van der Waals surface area contributed by atoms with Gasteiger partial charge in [-0.15, -0.1) is 0 Å². The molecule has 2 atom stereocenters. The van der Waals surface area contributed by atoms with Gasteiger partial charge in [0, 0.05) is 24.7 Å². The fraction of sp³-hybridized carbons (Fsp3) is 0.550. The molecule has 1 aromatic carbocycles. The van der Waals surface area contributed by atoms with Crippen LogP contribution in [-0.4, -0.2) is 36.1 Å². The van der Waals surface area contributed by atoms with Crippen LogP contribution in [-0.2, 0) is 0 Å². The van der Waals surface area contributed by atoms with Crippen molar-refractivity contribution in [2.24, 2.45) is 11.8 Å². The molecular formula is C20H26N2O2. The van der Waals surface area contributed by atoms with Crippen LogP contribution in [0.4, 0.5) is 0 Å². The zero-order valence-electron chi connectivity index (χ0n) is 14.3. The largest absolute Gasteiger partial charge is 0.490 e. The highest BCUT2D eigenvalue weighted by Gasteiger charge is 2.29. The van der Waals surface area contributed by atoms with E-state index >= 15 is 0 Å². The molecule has 2 aromatic rings. The molecule has 4 heteroatoms. The minimum Gasteiger partial charge on any atom is -0.490 e. The van der Waals surface area contributed by atoms with E-state index in [4.69, 9.17) is 4.74 Å². The lowest BCUT2D eigenvalue weighted by Gasteiger charge is -2.21. The van der Waals surface area contributed by atoms with Crippen LogP contribution in [0.2, 0.25) is 0 Å². The minimum atomic E-state index is -0.0429. The maximum absolute atomic E-state index is 11.8. The Morgan fingerprint density at radius 1 is 1.12 bits per heavy atom. The van der Waals surface area contributed by atoms with Crippen LogP contribution in [0, 0.1) is 11.8 Å². The first-order valence-electron chi connectivity index (χ1n) is 9.14. The van der Waals surface area contributed by atoms with Gasteiger partial charge in [-0.1, -0.05) is 0 Å². The summed E-state index contributed by atoms with van der Waals surface area (Å²) < 4.78 is 6.20. The number of fused-ring (bicyclic) bond motifs is 1. The Morgan fingerprint density at radius 2 is 1.92 bits per heavy atom. The Labute approximate surface area is 142 Å². The summed E-state index contributed by atoms with van der Waals surface area (Å²) in [5.41, 5.74) is -0.0429. The number of aromatic amines is 1. The van der Waals surface area contributed by atoms with Gasteiger partial charge < -0.3 is 14.6 Å². The molecule has 2 fully saturated rings. The van der Waals surface area contributed by atoms with Crippen molar-refractivity contribution in [3.8, 4) is 5.75 Å². The second-order valence-corrected chi connectivity index (χ2v) is 7.64. The molecule has 1 aromatic heterocycles. The Balaban J connectivity index is 1.35. The van der Waals surface area contributed by atoms with Crippen molar-refractivity contribution in [1.29, 1.82) is 0 Å². The normalized spacial score (nSPS) is 23.9. The quantitative estimate of drug-likeness (QED) is 0.885. The fourth-order valence-electron chi connectivity index (χ4n) is 3.99. The molecule has 2 unspecified atom stereocenters. The van der Waals surface area contributed by atoms with E-state index in [1.54, 1.807) is 6.20 Å². The molecule has 0 aliphatic heterocycles. The molecule has 1 heterocycles. The first kappa shape index (κ1) is 15.7. The van der Waals surface area contributed by atoms with Crippen LogP contribution in [0.25, 0.3) is 10.8 Å². The van der Waals surface area contributed by atoms with Gasteiger partial charge in [-0.3, -0.25) is 4.79 Å². The summed E-state index contributed by atoms with van der Waals surface area (Å²) in [6.07, 6.45) is 8.38. The fourth-order valence-corrected chi connectivity index (χ4v) is 3.99. The van der Waals surface area contributed by atoms with Gasteiger partial charge >= 0.3 is 0 Å². The van der Waals surface area contributed by atoms with Crippen LogP contribution < -0.4 is 10.3 Å². The third-order valence-electron chi connectivity index (χ3n) is 5.38. The lowest BCUT2D eigenvalue weighted by Crippen LogP contribution is -2.27. The molecule has 128 valence electrons. The molecule has 1 N–H and O–H groups in total. The van der Waals surface area contributed by atoms with E-state index in [0.717, 1.165) is 41.2 Å². The number of H-pyrrole nitrogens is 1. The van der Waals surface area contributed by atoms with Crippen LogP contribution in [0.1, 0.15) is 32.1 Å². The van der Waals surface area contributed by atoms with Crippen molar-refractivity contribution in [2.75, 3.05) is 20.1 Å². The third kappa shape index (κ3) is 3.64. The number of benzene rings is 1. The van der Waals surface area contributed by atoms with E-state index in [-0.39, 0.29) is 5.56 Å². The average molecular weight is 326 g/mol. The summed E-state index contributed by atoms with van der Waals surface area (Å²) in [6, 6.07) is 7.69. The number of pyridine rings is 1. The minimum absolute atomic E-state index is 0.0429. The summed E-state index contributed by atoms with van der Waals surface area (Å²) >= 11 is 0. The predicted octanol–water partition coefficient (Wildman–Crippen LogP) is 3.42.